The van der Waals surface area contributed by atoms with Crippen molar-refractivity contribution in [3.05, 3.63) is 103 Å². The van der Waals surface area contributed by atoms with Crippen LogP contribution in [0.3, 0.4) is 0 Å². The predicted octanol–water partition coefficient (Wildman–Crippen LogP) is 5.93. The molecule has 0 radical (unpaired) electrons. The van der Waals surface area contributed by atoms with E-state index >= 15 is 0 Å². The first-order valence-electron chi connectivity index (χ1n) is 14.6. The first kappa shape index (κ1) is 32.4. The molecule has 2 aromatic carbocycles. The third-order valence-electron chi connectivity index (χ3n) is 8.39. The van der Waals surface area contributed by atoms with Gasteiger partial charge in [0.2, 0.25) is 0 Å². The highest BCUT2D eigenvalue weighted by molar-refractivity contribution is 5.68. The van der Waals surface area contributed by atoms with Crippen LogP contribution in [-0.2, 0) is 22.6 Å². The second kappa shape index (κ2) is 15.8. The van der Waals surface area contributed by atoms with Crippen molar-refractivity contribution in [2.24, 2.45) is 21.3 Å². The van der Waals surface area contributed by atoms with E-state index in [2.05, 4.69) is 30.1 Å². The molecule has 15 nitrogen and oxygen atoms in total. The number of carbonyl (C=O) groups is 1. The highest BCUT2D eigenvalue weighted by Gasteiger charge is 2.51. The van der Waals surface area contributed by atoms with Crippen molar-refractivity contribution in [1.82, 2.24) is 4.90 Å². The molecule has 1 aliphatic heterocycles. The van der Waals surface area contributed by atoms with E-state index in [-0.39, 0.29) is 19.6 Å². The highest BCUT2D eigenvalue weighted by Crippen LogP contribution is 2.40. The van der Waals surface area contributed by atoms with Crippen molar-refractivity contribution in [2.45, 2.75) is 94.3 Å². The zero-order valence-corrected chi connectivity index (χ0v) is 24.3. The van der Waals surface area contributed by atoms with Crippen LogP contribution in [0, 0.1) is 5.92 Å². The molecular formula is C29H36N10O5. The fraction of sp³-hybridized carbons (Fsp3) is 0.552. The van der Waals surface area contributed by atoms with Gasteiger partial charge in [0.1, 0.15) is 6.61 Å². The smallest absolute Gasteiger partial charge is 0.410 e. The predicted molar refractivity (Wildman–Crippen MR) is 160 cm³/mol. The summed E-state index contributed by atoms with van der Waals surface area (Å²) in [6.07, 6.45) is -3.80. The zero-order valence-electron chi connectivity index (χ0n) is 24.3. The first-order valence-corrected chi connectivity index (χ1v) is 14.6. The van der Waals surface area contributed by atoms with Crippen LogP contribution in [0.1, 0.15) is 43.7 Å². The molecule has 4 rings (SSSR count). The molecule has 9 atom stereocenters. The summed E-state index contributed by atoms with van der Waals surface area (Å²) < 4.78 is 12.3. The molecule has 0 aromatic heterocycles. The monoisotopic (exact) mass is 604 g/mol. The van der Waals surface area contributed by atoms with Crippen molar-refractivity contribution in [3.63, 3.8) is 0 Å². The molecule has 2 fully saturated rings. The summed E-state index contributed by atoms with van der Waals surface area (Å²) in [6.45, 7) is 2.26. The van der Waals surface area contributed by atoms with Gasteiger partial charge >= 0.3 is 6.09 Å². The topological polar surface area (TPSA) is 226 Å². The Morgan fingerprint density at radius 3 is 2.11 bits per heavy atom. The number of carbonyl (C=O) groups excluding carboxylic acids is 1. The van der Waals surface area contributed by atoms with E-state index in [0.29, 0.717) is 19.3 Å². The quantitative estimate of drug-likeness (QED) is 0.180. The Balaban J connectivity index is 1.64. The standard InChI is InChI=1S/C29H36N10O5/c1-2-23(39(16-18-9-5-3-6-10-18)29(42)43-17-19-11-7-4-8-12-19)24-14-13-20(33-36-30)28(44-24)25-21(34-37-31)15-22(35-38-32)26(40)27(25)41/h3-12,20-28,40-41H,2,13-17H2,1H3/t20?,21?,22?,23-,24+,25-,26+,27+,28?/m1/s1. The number of aliphatic hydroxyl groups is 2. The molecule has 4 unspecified atom stereocenters. The van der Waals surface area contributed by atoms with E-state index in [1.165, 1.54) is 0 Å². The third kappa shape index (κ3) is 7.72. The van der Waals surface area contributed by atoms with E-state index in [1.807, 2.05) is 67.6 Å². The van der Waals surface area contributed by atoms with Crippen LogP contribution in [0.4, 0.5) is 4.79 Å². The lowest BCUT2D eigenvalue weighted by Gasteiger charge is -2.49. The van der Waals surface area contributed by atoms with Gasteiger partial charge in [-0.05, 0) is 53.4 Å². The number of azide groups is 3. The summed E-state index contributed by atoms with van der Waals surface area (Å²) >= 11 is 0. The second-order valence-corrected chi connectivity index (χ2v) is 11.0. The minimum atomic E-state index is -1.51. The summed E-state index contributed by atoms with van der Waals surface area (Å²) in [5, 5.41) is 33.3. The molecular weight excluding hydrogens is 568 g/mol. The first-order chi connectivity index (χ1) is 21.4. The van der Waals surface area contributed by atoms with Crippen LogP contribution in [0.5, 0.6) is 0 Å². The number of hydrogen-bond donors (Lipinski definition) is 2. The van der Waals surface area contributed by atoms with E-state index in [4.69, 9.17) is 15.0 Å². The van der Waals surface area contributed by atoms with Gasteiger partial charge in [-0.1, -0.05) is 82.9 Å². The Bertz CT molecular complexity index is 1380. The summed E-state index contributed by atoms with van der Waals surface area (Å²) in [7, 11) is 0. The average Bonchev–Trinajstić information content (AvgIpc) is 3.04. The van der Waals surface area contributed by atoms with Crippen LogP contribution in [0.15, 0.2) is 76.0 Å². The lowest BCUT2D eigenvalue weighted by atomic mass is 9.72. The number of benzene rings is 2. The Hall–Kier alpha value is -4.48. The molecule has 2 aromatic rings. The van der Waals surface area contributed by atoms with Crippen molar-refractivity contribution in [3.8, 4) is 0 Å². The average molecular weight is 605 g/mol. The summed E-state index contributed by atoms with van der Waals surface area (Å²) in [5.41, 5.74) is 29.3. The fourth-order valence-corrected chi connectivity index (χ4v) is 6.28. The van der Waals surface area contributed by atoms with Crippen LogP contribution in [0.25, 0.3) is 31.3 Å². The lowest BCUT2D eigenvalue weighted by Crippen LogP contribution is -2.60. The van der Waals surface area contributed by atoms with Gasteiger partial charge in [-0.2, -0.15) is 0 Å². The molecule has 0 spiro atoms. The summed E-state index contributed by atoms with van der Waals surface area (Å²) in [5.74, 6) is -0.977. The number of hydrogen-bond acceptors (Lipinski definition) is 8. The summed E-state index contributed by atoms with van der Waals surface area (Å²) in [6, 6.07) is 15.7. The fourth-order valence-electron chi connectivity index (χ4n) is 6.28. The van der Waals surface area contributed by atoms with Gasteiger partial charge < -0.3 is 19.7 Å². The van der Waals surface area contributed by atoms with Crippen LogP contribution >= 0.6 is 0 Å². The van der Waals surface area contributed by atoms with Gasteiger partial charge in [-0.25, -0.2) is 4.79 Å². The van der Waals surface area contributed by atoms with Crippen molar-refractivity contribution in [2.75, 3.05) is 0 Å². The van der Waals surface area contributed by atoms with Gasteiger partial charge in [0.15, 0.2) is 0 Å². The van der Waals surface area contributed by atoms with Gasteiger partial charge in [0.25, 0.3) is 0 Å². The maximum absolute atomic E-state index is 13.7. The number of aliphatic hydroxyl groups excluding tert-OH is 2. The zero-order chi connectivity index (χ0) is 31.5. The molecule has 2 aliphatic rings. The SMILES string of the molecule is CC[C@H]([C@@H]1CCC(N=[N+]=[N-])C([C@@H]2C(N=[N+]=[N-])CC(N=[N+]=[N-])[C@H](O)[C@H]2O)O1)N(Cc1ccccc1)C(=O)OCc1ccccc1. The van der Waals surface area contributed by atoms with Crippen molar-refractivity contribution >= 4 is 6.09 Å². The molecule has 1 heterocycles. The molecule has 1 saturated heterocycles. The molecule has 15 heteroatoms. The Morgan fingerprint density at radius 2 is 1.50 bits per heavy atom. The molecule has 1 amide bonds. The minimum Gasteiger partial charge on any atom is -0.445 e. The van der Waals surface area contributed by atoms with Crippen molar-refractivity contribution < 1.29 is 24.5 Å². The molecule has 44 heavy (non-hydrogen) atoms. The highest BCUT2D eigenvalue weighted by atomic mass is 16.6. The minimum absolute atomic E-state index is 0.0340. The van der Waals surface area contributed by atoms with E-state index in [1.54, 1.807) is 4.90 Å². The van der Waals surface area contributed by atoms with Crippen LogP contribution < -0.4 is 0 Å². The molecule has 1 aliphatic carbocycles. The van der Waals surface area contributed by atoms with Gasteiger partial charge in [-0.3, -0.25) is 4.90 Å². The van der Waals surface area contributed by atoms with Gasteiger partial charge in [0.05, 0.1) is 42.5 Å². The molecule has 2 N–H and O–H groups in total. The Kier molecular flexibility index (Phi) is 11.7. The lowest BCUT2D eigenvalue weighted by molar-refractivity contribution is -0.165. The van der Waals surface area contributed by atoms with Crippen molar-refractivity contribution in [1.29, 1.82) is 0 Å². The Labute approximate surface area is 254 Å². The van der Waals surface area contributed by atoms with Gasteiger partial charge in [0, 0.05) is 33.2 Å². The van der Waals surface area contributed by atoms with E-state index < -0.39 is 60.6 Å². The van der Waals surface area contributed by atoms with E-state index in [0.717, 1.165) is 11.1 Å². The van der Waals surface area contributed by atoms with E-state index in [9.17, 15) is 26.1 Å². The van der Waals surface area contributed by atoms with Crippen LogP contribution in [-0.4, -0.2) is 69.8 Å². The number of rotatable bonds is 11. The molecule has 232 valence electrons. The number of ether oxygens (including phenoxy) is 2. The molecule has 0 bridgehead atoms. The second-order valence-electron chi connectivity index (χ2n) is 11.0. The van der Waals surface area contributed by atoms with Gasteiger partial charge in [-0.15, -0.1) is 0 Å². The summed E-state index contributed by atoms with van der Waals surface area (Å²) in [4.78, 5) is 23.9. The largest absolute Gasteiger partial charge is 0.445 e. The maximum atomic E-state index is 13.7. The van der Waals surface area contributed by atoms with Crippen LogP contribution in [0.2, 0.25) is 0 Å². The maximum Gasteiger partial charge on any atom is 0.410 e. The third-order valence-corrected chi connectivity index (χ3v) is 8.39. The normalized spacial score (nSPS) is 28.7. The Morgan fingerprint density at radius 1 is 0.909 bits per heavy atom. The molecule has 1 saturated carbocycles. The number of nitrogens with zero attached hydrogens (tertiary/aromatic N) is 10. The number of amides is 1.